The predicted octanol–water partition coefficient (Wildman–Crippen LogP) is 1.12. The molecule has 0 spiro atoms. The molecule has 1 aliphatic heterocycles. The second-order valence-electron chi connectivity index (χ2n) is 5.05. The third-order valence-corrected chi connectivity index (χ3v) is 2.93. The molecule has 114 valence electrons. The van der Waals surface area contributed by atoms with Gasteiger partial charge in [0.25, 0.3) is 0 Å². The van der Waals surface area contributed by atoms with Gasteiger partial charge in [-0.25, -0.2) is 13.8 Å². The maximum absolute atomic E-state index is 13.5. The third kappa shape index (κ3) is 3.46. The minimum atomic E-state index is -0.808. The van der Waals surface area contributed by atoms with Crippen molar-refractivity contribution in [1.82, 2.24) is 5.06 Å². The molecule has 1 heterocycles. The standard InChI is InChI=1S/C13H17F2N5O/c1-13(2)19-11(16)18-12(17)20(13)21-6-5-8-3-4-9(14)7-10(8)15/h3-4,7H,5-6H2,1-2H3,(H4,16,17,18,19). The number of aliphatic imine (C=N–C) groups is 2. The molecule has 0 fully saturated rings. The van der Waals surface area contributed by atoms with Crippen LogP contribution in [0.1, 0.15) is 19.4 Å². The molecule has 0 saturated carbocycles. The van der Waals surface area contributed by atoms with Crippen molar-refractivity contribution < 1.29 is 13.6 Å². The van der Waals surface area contributed by atoms with Crippen LogP contribution in [0.4, 0.5) is 8.78 Å². The van der Waals surface area contributed by atoms with E-state index in [9.17, 15) is 8.78 Å². The van der Waals surface area contributed by atoms with E-state index < -0.39 is 17.3 Å². The molecule has 8 heteroatoms. The molecular weight excluding hydrogens is 280 g/mol. The van der Waals surface area contributed by atoms with Gasteiger partial charge in [-0.15, -0.1) is 0 Å². The number of hydrogen-bond acceptors (Lipinski definition) is 6. The summed E-state index contributed by atoms with van der Waals surface area (Å²) in [4.78, 5) is 13.4. The SMILES string of the molecule is CC1(C)N=C(N)N=C(N)N1OCCc1ccc(F)cc1F. The van der Waals surface area contributed by atoms with Crippen molar-refractivity contribution in [2.24, 2.45) is 21.5 Å². The number of nitrogens with two attached hydrogens (primary N) is 2. The summed E-state index contributed by atoms with van der Waals surface area (Å²) in [5, 5.41) is 1.31. The van der Waals surface area contributed by atoms with Gasteiger partial charge in [0, 0.05) is 12.5 Å². The maximum atomic E-state index is 13.5. The van der Waals surface area contributed by atoms with Crippen molar-refractivity contribution in [1.29, 1.82) is 0 Å². The lowest BCUT2D eigenvalue weighted by Crippen LogP contribution is -2.53. The molecular formula is C13H17F2N5O. The van der Waals surface area contributed by atoms with E-state index >= 15 is 0 Å². The zero-order chi connectivity index (χ0) is 15.6. The van der Waals surface area contributed by atoms with Crippen LogP contribution in [0.5, 0.6) is 0 Å². The fraction of sp³-hybridized carbons (Fsp3) is 0.385. The fourth-order valence-corrected chi connectivity index (χ4v) is 1.99. The minimum absolute atomic E-state index is 0.0712. The molecule has 0 atom stereocenters. The number of benzene rings is 1. The number of hydrogen-bond donors (Lipinski definition) is 2. The summed E-state index contributed by atoms with van der Waals surface area (Å²) < 4.78 is 26.3. The van der Waals surface area contributed by atoms with Crippen molar-refractivity contribution in [3.05, 3.63) is 35.4 Å². The number of halogens is 2. The monoisotopic (exact) mass is 297 g/mol. The Labute approximate surface area is 121 Å². The Bertz CT molecular complexity index is 600. The second kappa shape index (κ2) is 5.65. The second-order valence-corrected chi connectivity index (χ2v) is 5.05. The van der Waals surface area contributed by atoms with Gasteiger partial charge in [-0.2, -0.15) is 10.1 Å². The minimum Gasteiger partial charge on any atom is -0.368 e. The van der Waals surface area contributed by atoms with Crippen LogP contribution < -0.4 is 11.5 Å². The highest BCUT2D eigenvalue weighted by Crippen LogP contribution is 2.20. The third-order valence-electron chi connectivity index (χ3n) is 2.93. The summed E-state index contributed by atoms with van der Waals surface area (Å²) in [6.45, 7) is 3.64. The number of guanidine groups is 2. The molecule has 21 heavy (non-hydrogen) atoms. The first-order chi connectivity index (χ1) is 9.79. The highest BCUT2D eigenvalue weighted by Gasteiger charge is 2.33. The molecule has 0 aromatic heterocycles. The van der Waals surface area contributed by atoms with Crippen LogP contribution in [0, 0.1) is 11.6 Å². The van der Waals surface area contributed by atoms with Crippen molar-refractivity contribution >= 4 is 11.9 Å². The van der Waals surface area contributed by atoms with Crippen LogP contribution in [-0.2, 0) is 11.3 Å². The van der Waals surface area contributed by atoms with E-state index in [-0.39, 0.29) is 24.9 Å². The van der Waals surface area contributed by atoms with Gasteiger partial charge in [0.2, 0.25) is 11.9 Å². The molecule has 4 N–H and O–H groups in total. The molecule has 0 aliphatic carbocycles. The van der Waals surface area contributed by atoms with E-state index in [2.05, 4.69) is 9.98 Å². The molecule has 0 bridgehead atoms. The highest BCUT2D eigenvalue weighted by molar-refractivity contribution is 5.95. The quantitative estimate of drug-likeness (QED) is 0.871. The average molecular weight is 297 g/mol. The summed E-state index contributed by atoms with van der Waals surface area (Å²) in [7, 11) is 0. The molecule has 6 nitrogen and oxygen atoms in total. The van der Waals surface area contributed by atoms with Crippen LogP contribution in [0.15, 0.2) is 28.2 Å². The van der Waals surface area contributed by atoms with E-state index in [0.29, 0.717) is 5.56 Å². The first-order valence-corrected chi connectivity index (χ1v) is 6.36. The average Bonchev–Trinajstić information content (AvgIpc) is 2.33. The normalized spacial score (nSPS) is 17.4. The molecule has 0 amide bonds. The number of hydroxylamine groups is 2. The smallest absolute Gasteiger partial charge is 0.226 e. The van der Waals surface area contributed by atoms with E-state index in [1.54, 1.807) is 13.8 Å². The van der Waals surface area contributed by atoms with E-state index in [1.807, 2.05) is 0 Å². The van der Waals surface area contributed by atoms with Gasteiger partial charge in [0.1, 0.15) is 11.6 Å². The van der Waals surface area contributed by atoms with Gasteiger partial charge in [-0.05, 0) is 25.5 Å². The van der Waals surface area contributed by atoms with Crippen molar-refractivity contribution in [2.45, 2.75) is 25.9 Å². The largest absolute Gasteiger partial charge is 0.368 e. The summed E-state index contributed by atoms with van der Waals surface area (Å²) in [5.41, 5.74) is 10.8. The van der Waals surface area contributed by atoms with Gasteiger partial charge in [-0.3, -0.25) is 4.84 Å². The van der Waals surface area contributed by atoms with E-state index in [1.165, 1.54) is 17.2 Å². The van der Waals surface area contributed by atoms with Gasteiger partial charge in [0.05, 0.1) is 6.61 Å². The molecule has 0 unspecified atom stereocenters. The molecule has 2 rings (SSSR count). The van der Waals surface area contributed by atoms with Crippen LogP contribution >= 0.6 is 0 Å². The Balaban J connectivity index is 1.99. The van der Waals surface area contributed by atoms with Crippen LogP contribution in [0.2, 0.25) is 0 Å². The van der Waals surface area contributed by atoms with Gasteiger partial charge >= 0.3 is 0 Å². The molecule has 0 saturated heterocycles. The maximum Gasteiger partial charge on any atom is 0.226 e. The van der Waals surface area contributed by atoms with Gasteiger partial charge < -0.3 is 11.5 Å². The fourth-order valence-electron chi connectivity index (χ4n) is 1.99. The topological polar surface area (TPSA) is 89.2 Å². The van der Waals surface area contributed by atoms with Crippen LogP contribution in [0.25, 0.3) is 0 Å². The molecule has 1 aliphatic rings. The zero-order valence-corrected chi connectivity index (χ0v) is 11.8. The van der Waals surface area contributed by atoms with Crippen molar-refractivity contribution in [3.63, 3.8) is 0 Å². The predicted molar refractivity (Wildman–Crippen MR) is 75.2 cm³/mol. The van der Waals surface area contributed by atoms with Crippen LogP contribution in [-0.4, -0.2) is 29.3 Å². The van der Waals surface area contributed by atoms with Gasteiger partial charge in [0.15, 0.2) is 5.66 Å². The summed E-state index contributed by atoms with van der Waals surface area (Å²) >= 11 is 0. The Morgan fingerprint density at radius 3 is 2.62 bits per heavy atom. The lowest BCUT2D eigenvalue weighted by Gasteiger charge is -2.36. The Morgan fingerprint density at radius 2 is 2.00 bits per heavy atom. The van der Waals surface area contributed by atoms with Gasteiger partial charge in [-0.1, -0.05) is 6.07 Å². The lowest BCUT2D eigenvalue weighted by atomic mass is 10.1. The first-order valence-electron chi connectivity index (χ1n) is 6.36. The van der Waals surface area contributed by atoms with E-state index in [4.69, 9.17) is 16.3 Å². The molecule has 0 radical (unpaired) electrons. The molecule has 1 aromatic carbocycles. The Hall–Kier alpha value is -2.22. The summed E-state index contributed by atoms with van der Waals surface area (Å²) in [6.07, 6.45) is 0.255. The molecule has 1 aromatic rings. The Kier molecular flexibility index (Phi) is 4.08. The first kappa shape index (κ1) is 15.2. The Morgan fingerprint density at radius 1 is 1.29 bits per heavy atom. The summed E-state index contributed by atoms with van der Waals surface area (Å²) in [5.74, 6) is -1.08. The van der Waals surface area contributed by atoms with Crippen molar-refractivity contribution in [2.75, 3.05) is 6.61 Å². The lowest BCUT2D eigenvalue weighted by molar-refractivity contribution is -0.156. The van der Waals surface area contributed by atoms with Crippen LogP contribution in [0.3, 0.4) is 0 Å². The zero-order valence-electron chi connectivity index (χ0n) is 11.8. The number of nitrogens with zero attached hydrogens (tertiary/aromatic N) is 3. The van der Waals surface area contributed by atoms with E-state index in [0.717, 1.165) is 6.07 Å². The summed E-state index contributed by atoms with van der Waals surface area (Å²) in [6, 6.07) is 3.41. The number of rotatable bonds is 4. The van der Waals surface area contributed by atoms with Crippen molar-refractivity contribution in [3.8, 4) is 0 Å². The highest BCUT2D eigenvalue weighted by atomic mass is 19.1.